The van der Waals surface area contributed by atoms with E-state index in [-0.39, 0.29) is 6.04 Å². The van der Waals surface area contributed by atoms with Crippen molar-refractivity contribution < 1.29 is 0 Å². The van der Waals surface area contributed by atoms with Gasteiger partial charge in [-0.2, -0.15) is 0 Å². The maximum absolute atomic E-state index is 5.99. The number of nitrogens with zero attached hydrogens (tertiary/aromatic N) is 2. The minimum atomic E-state index is 0.158. The van der Waals surface area contributed by atoms with E-state index in [4.69, 9.17) is 11.6 Å². The molecule has 0 radical (unpaired) electrons. The first-order valence-corrected chi connectivity index (χ1v) is 7.74. The second-order valence-corrected chi connectivity index (χ2v) is 5.64. The molecule has 0 saturated heterocycles. The van der Waals surface area contributed by atoms with Gasteiger partial charge in [0.1, 0.15) is 18.0 Å². The highest BCUT2D eigenvalue weighted by Crippen LogP contribution is 2.22. The second-order valence-electron chi connectivity index (χ2n) is 5.20. The monoisotopic (exact) mass is 324 g/mol. The molecule has 1 unspecified atom stereocenters. The number of rotatable bonds is 5. The molecule has 0 spiro atoms. The van der Waals surface area contributed by atoms with E-state index in [2.05, 4.69) is 39.7 Å². The number of hydrogen-bond donors (Lipinski definition) is 2. The molecule has 4 nitrogen and oxygen atoms in total. The quantitative estimate of drug-likeness (QED) is 0.689. The molecule has 5 heteroatoms. The van der Waals surface area contributed by atoms with E-state index in [0.29, 0.717) is 10.8 Å². The molecule has 1 aromatic heterocycles. The van der Waals surface area contributed by atoms with Crippen molar-refractivity contribution in [1.29, 1.82) is 0 Å². The molecule has 0 aliphatic carbocycles. The Bertz CT molecular complexity index is 777. The number of nitrogens with one attached hydrogen (secondary N) is 2. The van der Waals surface area contributed by atoms with Gasteiger partial charge in [0.05, 0.1) is 0 Å². The largest absolute Gasteiger partial charge is 0.363 e. The van der Waals surface area contributed by atoms with Crippen LogP contribution in [0.1, 0.15) is 18.5 Å². The molecule has 2 N–H and O–H groups in total. The fourth-order valence-electron chi connectivity index (χ4n) is 2.27. The Morgan fingerprint density at radius 3 is 2.48 bits per heavy atom. The molecular weight excluding hydrogens is 308 g/mol. The van der Waals surface area contributed by atoms with E-state index in [0.717, 1.165) is 11.5 Å². The summed E-state index contributed by atoms with van der Waals surface area (Å²) < 4.78 is 0. The molecule has 116 valence electrons. The first kappa shape index (κ1) is 15.3. The van der Waals surface area contributed by atoms with Crippen LogP contribution in [0.15, 0.2) is 67.0 Å². The number of aromatic nitrogens is 2. The number of anilines is 3. The second kappa shape index (κ2) is 7.11. The summed E-state index contributed by atoms with van der Waals surface area (Å²) in [5.41, 5.74) is 2.09. The summed E-state index contributed by atoms with van der Waals surface area (Å²) in [6.45, 7) is 2.10. The molecule has 0 aliphatic rings. The van der Waals surface area contributed by atoms with Crippen molar-refractivity contribution in [2.45, 2.75) is 13.0 Å². The van der Waals surface area contributed by atoms with Crippen LogP contribution in [0.3, 0.4) is 0 Å². The van der Waals surface area contributed by atoms with Crippen LogP contribution in [-0.2, 0) is 0 Å². The zero-order valence-electron chi connectivity index (χ0n) is 12.7. The molecule has 0 bridgehead atoms. The third-order valence-corrected chi connectivity index (χ3v) is 3.66. The van der Waals surface area contributed by atoms with E-state index < -0.39 is 0 Å². The first-order chi connectivity index (χ1) is 11.2. The fraction of sp³-hybridized carbons (Fsp3) is 0.111. The summed E-state index contributed by atoms with van der Waals surface area (Å²) in [7, 11) is 0. The maximum Gasteiger partial charge on any atom is 0.135 e. The molecule has 3 rings (SSSR count). The van der Waals surface area contributed by atoms with Crippen molar-refractivity contribution in [3.8, 4) is 0 Å². The summed E-state index contributed by atoms with van der Waals surface area (Å²) >= 11 is 5.99. The average Bonchev–Trinajstić information content (AvgIpc) is 2.56. The highest BCUT2D eigenvalue weighted by Gasteiger charge is 2.06. The lowest BCUT2D eigenvalue weighted by atomic mass is 10.1. The van der Waals surface area contributed by atoms with Gasteiger partial charge in [0, 0.05) is 22.8 Å². The van der Waals surface area contributed by atoms with Gasteiger partial charge in [-0.15, -0.1) is 0 Å². The molecule has 2 aromatic carbocycles. The zero-order chi connectivity index (χ0) is 16.1. The number of benzene rings is 2. The van der Waals surface area contributed by atoms with Gasteiger partial charge in [-0.1, -0.05) is 48.0 Å². The van der Waals surface area contributed by atoms with Gasteiger partial charge in [0.15, 0.2) is 0 Å². The highest BCUT2D eigenvalue weighted by molar-refractivity contribution is 6.30. The van der Waals surface area contributed by atoms with Gasteiger partial charge in [0.25, 0.3) is 0 Å². The van der Waals surface area contributed by atoms with E-state index >= 15 is 0 Å². The minimum Gasteiger partial charge on any atom is -0.363 e. The first-order valence-electron chi connectivity index (χ1n) is 7.37. The van der Waals surface area contributed by atoms with Crippen LogP contribution < -0.4 is 10.6 Å². The molecule has 0 fully saturated rings. The smallest absolute Gasteiger partial charge is 0.135 e. The van der Waals surface area contributed by atoms with Gasteiger partial charge < -0.3 is 10.6 Å². The lowest BCUT2D eigenvalue weighted by molar-refractivity contribution is 0.872. The lowest BCUT2D eigenvalue weighted by Crippen LogP contribution is -2.08. The number of hydrogen-bond acceptors (Lipinski definition) is 4. The third-order valence-electron chi connectivity index (χ3n) is 3.43. The topological polar surface area (TPSA) is 49.8 Å². The van der Waals surface area contributed by atoms with Crippen molar-refractivity contribution in [2.75, 3.05) is 10.6 Å². The zero-order valence-corrected chi connectivity index (χ0v) is 13.5. The average molecular weight is 325 g/mol. The lowest BCUT2D eigenvalue weighted by Gasteiger charge is -2.15. The predicted octanol–water partition coefficient (Wildman–Crippen LogP) is 5.05. The van der Waals surface area contributed by atoms with Crippen LogP contribution in [0.5, 0.6) is 0 Å². The van der Waals surface area contributed by atoms with Gasteiger partial charge in [-0.3, -0.25) is 0 Å². The summed E-state index contributed by atoms with van der Waals surface area (Å²) in [6, 6.07) is 19.8. The van der Waals surface area contributed by atoms with Crippen LogP contribution >= 0.6 is 11.6 Å². The van der Waals surface area contributed by atoms with Crippen molar-refractivity contribution in [3.05, 3.63) is 77.6 Å². The molecule has 0 saturated carbocycles. The maximum atomic E-state index is 5.99. The van der Waals surface area contributed by atoms with Crippen LogP contribution in [-0.4, -0.2) is 9.97 Å². The van der Waals surface area contributed by atoms with Gasteiger partial charge in [0.2, 0.25) is 0 Å². The van der Waals surface area contributed by atoms with Gasteiger partial charge in [-0.05, 0) is 30.7 Å². The summed E-state index contributed by atoms with van der Waals surface area (Å²) in [6.07, 6.45) is 1.53. The molecule has 0 amide bonds. The minimum absolute atomic E-state index is 0.158. The Morgan fingerprint density at radius 1 is 0.913 bits per heavy atom. The number of halogens is 1. The fourth-order valence-corrected chi connectivity index (χ4v) is 2.46. The van der Waals surface area contributed by atoms with E-state index in [1.165, 1.54) is 11.9 Å². The summed E-state index contributed by atoms with van der Waals surface area (Å²) in [4.78, 5) is 8.51. The Hall–Kier alpha value is -2.59. The summed E-state index contributed by atoms with van der Waals surface area (Å²) in [5, 5.41) is 7.28. The van der Waals surface area contributed by atoms with E-state index in [9.17, 15) is 0 Å². The predicted molar refractivity (Wildman–Crippen MR) is 95.2 cm³/mol. The molecular formula is C18H17ClN4. The highest BCUT2D eigenvalue weighted by atomic mass is 35.5. The Kier molecular flexibility index (Phi) is 4.74. The van der Waals surface area contributed by atoms with Crippen LogP contribution in [0, 0.1) is 0 Å². The Morgan fingerprint density at radius 2 is 1.70 bits per heavy atom. The normalized spacial score (nSPS) is 11.7. The molecule has 3 aromatic rings. The van der Waals surface area contributed by atoms with Crippen molar-refractivity contribution in [3.63, 3.8) is 0 Å². The van der Waals surface area contributed by atoms with Crippen LogP contribution in [0.25, 0.3) is 0 Å². The van der Waals surface area contributed by atoms with Crippen molar-refractivity contribution in [1.82, 2.24) is 9.97 Å². The molecule has 0 aliphatic heterocycles. The standard InChI is InChI=1S/C18H17ClN4/c1-13(14-6-3-2-4-7-14)22-17-11-18(21-12-20-17)23-16-9-5-8-15(19)10-16/h2-13H,1H3,(H2,20,21,22,23). The SMILES string of the molecule is CC(Nc1cc(Nc2cccc(Cl)c2)ncn1)c1ccccc1. The van der Waals surface area contributed by atoms with Crippen molar-refractivity contribution in [2.24, 2.45) is 0 Å². The third kappa shape index (κ3) is 4.20. The Balaban J connectivity index is 1.72. The van der Waals surface area contributed by atoms with Crippen LogP contribution in [0.4, 0.5) is 17.3 Å². The van der Waals surface area contributed by atoms with E-state index in [1.807, 2.05) is 48.5 Å². The molecule has 1 atom stereocenters. The van der Waals surface area contributed by atoms with Crippen molar-refractivity contribution >= 4 is 28.9 Å². The molecule has 1 heterocycles. The van der Waals surface area contributed by atoms with Crippen LogP contribution in [0.2, 0.25) is 5.02 Å². The molecule has 23 heavy (non-hydrogen) atoms. The van der Waals surface area contributed by atoms with E-state index in [1.54, 1.807) is 0 Å². The Labute approximate surface area is 140 Å². The van der Waals surface area contributed by atoms with Gasteiger partial charge in [-0.25, -0.2) is 9.97 Å². The van der Waals surface area contributed by atoms with Gasteiger partial charge >= 0.3 is 0 Å². The summed E-state index contributed by atoms with van der Waals surface area (Å²) in [5.74, 6) is 1.48.